The van der Waals surface area contributed by atoms with Crippen LogP contribution in [0, 0.1) is 5.92 Å². The second-order valence-corrected chi connectivity index (χ2v) is 4.64. The highest BCUT2D eigenvalue weighted by Crippen LogP contribution is 2.20. The molecule has 0 radical (unpaired) electrons. The summed E-state index contributed by atoms with van der Waals surface area (Å²) in [5, 5.41) is 7.87. The number of aromatic nitrogens is 3. The van der Waals surface area contributed by atoms with Gasteiger partial charge in [0, 0.05) is 12.5 Å². The molecule has 0 aliphatic carbocycles. The fraction of sp³-hybridized carbons (Fsp3) is 0.357. The average Bonchev–Trinajstić information content (AvgIpc) is 2.98. The molecule has 1 aromatic heterocycles. The zero-order chi connectivity index (χ0) is 13.1. The topological polar surface area (TPSA) is 57.0 Å². The molecular formula is C14H15N3O2. The molecule has 1 atom stereocenters. The molecule has 2 heterocycles. The first-order chi connectivity index (χ1) is 9.36. The van der Waals surface area contributed by atoms with E-state index in [0.29, 0.717) is 12.3 Å². The molecule has 19 heavy (non-hydrogen) atoms. The number of carbonyl (C=O) groups excluding carboxylic acids is 1. The Labute approximate surface area is 111 Å². The molecule has 0 bridgehead atoms. The van der Waals surface area contributed by atoms with Crippen molar-refractivity contribution in [2.24, 2.45) is 5.92 Å². The molecule has 0 N–H and O–H groups in total. The average molecular weight is 257 g/mol. The van der Waals surface area contributed by atoms with E-state index >= 15 is 0 Å². The number of para-hydroxylation sites is 1. The summed E-state index contributed by atoms with van der Waals surface area (Å²) in [4.78, 5) is 12.5. The molecule has 1 fully saturated rings. The Morgan fingerprint density at radius 1 is 1.32 bits per heavy atom. The molecule has 3 rings (SSSR count). The lowest BCUT2D eigenvalue weighted by Crippen LogP contribution is -2.27. The summed E-state index contributed by atoms with van der Waals surface area (Å²) in [5.74, 6) is -0.0109. The molecule has 5 nitrogen and oxygen atoms in total. The minimum Gasteiger partial charge on any atom is -0.381 e. The van der Waals surface area contributed by atoms with Crippen LogP contribution in [-0.2, 0) is 4.74 Å². The Morgan fingerprint density at radius 3 is 2.89 bits per heavy atom. The first-order valence-electron chi connectivity index (χ1n) is 6.44. The van der Waals surface area contributed by atoms with E-state index in [2.05, 4.69) is 10.3 Å². The van der Waals surface area contributed by atoms with Crippen LogP contribution in [0.25, 0.3) is 5.69 Å². The largest absolute Gasteiger partial charge is 0.381 e. The molecule has 0 amide bonds. The number of ether oxygens (including phenoxy) is 1. The molecule has 5 heteroatoms. The SMILES string of the molecule is O=C(c1cnnn1-c1ccccc1)C1CCCOC1. The van der Waals surface area contributed by atoms with E-state index in [1.807, 2.05) is 30.3 Å². The third-order valence-corrected chi connectivity index (χ3v) is 3.33. The number of ketones is 1. The van der Waals surface area contributed by atoms with E-state index in [-0.39, 0.29) is 11.7 Å². The van der Waals surface area contributed by atoms with Gasteiger partial charge in [-0.15, -0.1) is 5.10 Å². The summed E-state index contributed by atoms with van der Waals surface area (Å²) in [6, 6.07) is 9.56. The number of Topliss-reactive ketones (excluding diaryl/α,β-unsaturated/α-hetero) is 1. The third-order valence-electron chi connectivity index (χ3n) is 3.33. The summed E-state index contributed by atoms with van der Waals surface area (Å²) in [6.07, 6.45) is 3.34. The second kappa shape index (κ2) is 5.32. The van der Waals surface area contributed by atoms with Gasteiger partial charge in [-0.3, -0.25) is 4.79 Å². The van der Waals surface area contributed by atoms with Crippen molar-refractivity contribution in [3.8, 4) is 5.69 Å². The zero-order valence-corrected chi connectivity index (χ0v) is 10.5. The van der Waals surface area contributed by atoms with Gasteiger partial charge in [0.2, 0.25) is 0 Å². The monoisotopic (exact) mass is 257 g/mol. The van der Waals surface area contributed by atoms with Crippen LogP contribution in [-0.4, -0.2) is 34.0 Å². The van der Waals surface area contributed by atoms with E-state index in [1.165, 1.54) is 6.20 Å². The quantitative estimate of drug-likeness (QED) is 0.788. The van der Waals surface area contributed by atoms with E-state index < -0.39 is 0 Å². The van der Waals surface area contributed by atoms with Crippen molar-refractivity contribution in [3.63, 3.8) is 0 Å². The van der Waals surface area contributed by atoms with Crippen molar-refractivity contribution in [3.05, 3.63) is 42.2 Å². The number of hydrogen-bond donors (Lipinski definition) is 0. The van der Waals surface area contributed by atoms with Gasteiger partial charge in [0.25, 0.3) is 0 Å². The maximum Gasteiger partial charge on any atom is 0.188 e. The molecule has 0 spiro atoms. The van der Waals surface area contributed by atoms with Gasteiger partial charge in [-0.2, -0.15) is 0 Å². The lowest BCUT2D eigenvalue weighted by atomic mass is 9.95. The second-order valence-electron chi connectivity index (χ2n) is 4.64. The predicted octanol–water partition coefficient (Wildman–Crippen LogP) is 1.88. The van der Waals surface area contributed by atoms with Gasteiger partial charge in [-0.05, 0) is 25.0 Å². The summed E-state index contributed by atoms with van der Waals surface area (Å²) in [5.41, 5.74) is 1.38. The van der Waals surface area contributed by atoms with Crippen molar-refractivity contribution < 1.29 is 9.53 Å². The van der Waals surface area contributed by atoms with Crippen molar-refractivity contribution in [1.29, 1.82) is 0 Å². The third kappa shape index (κ3) is 2.42. The van der Waals surface area contributed by atoms with E-state index in [4.69, 9.17) is 4.74 Å². The van der Waals surface area contributed by atoms with Crippen LogP contribution in [0.4, 0.5) is 0 Å². The van der Waals surface area contributed by atoms with Crippen LogP contribution in [0.1, 0.15) is 23.3 Å². The minimum absolute atomic E-state index is 0.0635. The lowest BCUT2D eigenvalue weighted by molar-refractivity contribution is 0.0456. The number of rotatable bonds is 3. The van der Waals surface area contributed by atoms with E-state index in [1.54, 1.807) is 4.68 Å². The maximum absolute atomic E-state index is 12.5. The normalized spacial score (nSPS) is 19.3. The molecule has 1 unspecified atom stereocenters. The van der Waals surface area contributed by atoms with Gasteiger partial charge < -0.3 is 4.74 Å². The van der Waals surface area contributed by atoms with Gasteiger partial charge in [-0.1, -0.05) is 23.4 Å². The maximum atomic E-state index is 12.5. The first kappa shape index (κ1) is 12.0. The van der Waals surface area contributed by atoms with Gasteiger partial charge >= 0.3 is 0 Å². The van der Waals surface area contributed by atoms with Crippen LogP contribution in [0.2, 0.25) is 0 Å². The number of benzene rings is 1. The fourth-order valence-electron chi connectivity index (χ4n) is 2.32. The van der Waals surface area contributed by atoms with Crippen molar-refractivity contribution in [2.75, 3.05) is 13.2 Å². The fourth-order valence-corrected chi connectivity index (χ4v) is 2.32. The van der Waals surface area contributed by atoms with Gasteiger partial charge in [0.1, 0.15) is 5.69 Å². The van der Waals surface area contributed by atoms with Crippen LogP contribution >= 0.6 is 0 Å². The summed E-state index contributed by atoms with van der Waals surface area (Å²) in [7, 11) is 0. The summed E-state index contributed by atoms with van der Waals surface area (Å²) in [6.45, 7) is 1.25. The van der Waals surface area contributed by atoms with Crippen molar-refractivity contribution in [1.82, 2.24) is 15.0 Å². The number of carbonyl (C=O) groups is 1. The standard InChI is InChI=1S/C14H15N3O2/c18-14(11-5-4-8-19-10-11)13-9-15-16-17(13)12-6-2-1-3-7-12/h1-3,6-7,9,11H,4-5,8,10H2. The van der Waals surface area contributed by atoms with E-state index in [0.717, 1.165) is 25.1 Å². The Bertz CT molecular complexity index is 559. The van der Waals surface area contributed by atoms with Gasteiger partial charge in [0.05, 0.1) is 18.5 Å². The molecule has 1 aliphatic rings. The Morgan fingerprint density at radius 2 is 2.16 bits per heavy atom. The van der Waals surface area contributed by atoms with Crippen LogP contribution in [0.15, 0.2) is 36.5 Å². The minimum atomic E-state index is -0.0743. The molecule has 98 valence electrons. The highest BCUT2D eigenvalue weighted by atomic mass is 16.5. The highest BCUT2D eigenvalue weighted by Gasteiger charge is 2.26. The van der Waals surface area contributed by atoms with Crippen molar-refractivity contribution in [2.45, 2.75) is 12.8 Å². The Balaban J connectivity index is 1.89. The molecule has 0 saturated carbocycles. The number of hydrogen-bond acceptors (Lipinski definition) is 4. The van der Waals surface area contributed by atoms with Gasteiger partial charge in [-0.25, -0.2) is 4.68 Å². The predicted molar refractivity (Wildman–Crippen MR) is 69.2 cm³/mol. The molecule has 1 aliphatic heterocycles. The van der Waals surface area contributed by atoms with Crippen LogP contribution in [0.5, 0.6) is 0 Å². The molecule has 1 saturated heterocycles. The van der Waals surface area contributed by atoms with E-state index in [9.17, 15) is 4.79 Å². The Hall–Kier alpha value is -2.01. The molecule has 2 aromatic rings. The van der Waals surface area contributed by atoms with Crippen LogP contribution in [0.3, 0.4) is 0 Å². The first-order valence-corrected chi connectivity index (χ1v) is 6.44. The number of nitrogens with zero attached hydrogens (tertiary/aromatic N) is 3. The lowest BCUT2D eigenvalue weighted by Gasteiger charge is -2.20. The summed E-state index contributed by atoms with van der Waals surface area (Å²) >= 11 is 0. The molecule has 1 aromatic carbocycles. The van der Waals surface area contributed by atoms with Crippen LogP contribution < -0.4 is 0 Å². The molecular weight excluding hydrogens is 242 g/mol. The summed E-state index contributed by atoms with van der Waals surface area (Å²) < 4.78 is 6.97. The zero-order valence-electron chi connectivity index (χ0n) is 10.5. The highest BCUT2D eigenvalue weighted by molar-refractivity contribution is 5.96. The Kier molecular flexibility index (Phi) is 3.37. The smallest absolute Gasteiger partial charge is 0.188 e. The van der Waals surface area contributed by atoms with Crippen molar-refractivity contribution >= 4 is 5.78 Å². The van der Waals surface area contributed by atoms with Gasteiger partial charge in [0.15, 0.2) is 5.78 Å².